The molecule has 3 atom stereocenters. The van der Waals surface area contributed by atoms with E-state index in [-0.39, 0.29) is 43.7 Å². The van der Waals surface area contributed by atoms with Crippen LogP contribution in [0.1, 0.15) is 70.9 Å². The summed E-state index contributed by atoms with van der Waals surface area (Å²) in [7, 11) is 3.20. The first-order valence-corrected chi connectivity index (χ1v) is 12.8. The van der Waals surface area contributed by atoms with E-state index in [4.69, 9.17) is 18.9 Å². The smallest absolute Gasteiger partial charge is 0.146 e. The van der Waals surface area contributed by atoms with Gasteiger partial charge in [-0.2, -0.15) is 0 Å². The van der Waals surface area contributed by atoms with Gasteiger partial charge >= 0.3 is 0 Å². The number of methoxy groups -OCH3 is 2. The fourth-order valence-corrected chi connectivity index (χ4v) is 4.94. The van der Waals surface area contributed by atoms with E-state index in [0.717, 1.165) is 24.3 Å². The number of pyridine rings is 1. The molecule has 1 aromatic rings. The Morgan fingerprint density at radius 3 is 2.56 bits per heavy atom. The number of nitrogens with zero attached hydrogens (tertiary/aromatic N) is 1. The molecular weight excluding hydrogens is 434 g/mol. The lowest BCUT2D eigenvalue weighted by Crippen LogP contribution is -2.48. The molecule has 194 valence electrons. The highest BCUT2D eigenvalue weighted by molar-refractivity contribution is 5.87. The molecule has 1 N–H and O–H groups in total. The third kappa shape index (κ3) is 8.29. The lowest BCUT2D eigenvalue weighted by atomic mass is 9.66. The van der Waals surface area contributed by atoms with E-state index in [1.54, 1.807) is 20.4 Å². The van der Waals surface area contributed by atoms with Crippen molar-refractivity contribution in [3.63, 3.8) is 0 Å². The van der Waals surface area contributed by atoms with Gasteiger partial charge in [0.25, 0.3) is 0 Å². The highest BCUT2D eigenvalue weighted by Crippen LogP contribution is 2.38. The molecule has 1 aromatic heterocycles. The van der Waals surface area contributed by atoms with Gasteiger partial charge in [-0.15, -0.1) is 0 Å². The molecule has 1 aliphatic carbocycles. The zero-order chi connectivity index (χ0) is 24.8. The van der Waals surface area contributed by atoms with Crippen molar-refractivity contribution in [2.24, 2.45) is 17.3 Å². The third-order valence-corrected chi connectivity index (χ3v) is 7.19. The number of carbonyl (C=O) groups excluding carboxylic acids is 1. The standard InChI is InChI=1S/C27H45NO6/c1-5-22(13-15-31-3)26(30)27(21(2)18-29,19-33-20-32-4)17-23-16-25(12-14-28-23)34-24-10-8-6-7-9-11-24/h12,14,16,21-22,24,29H,5-11,13,15,17-20H2,1-4H3/t21-,22?,27+/m0/s1. The normalized spacial score (nSPS) is 18.6. The Bertz CT molecular complexity index is 706. The molecule has 7 nitrogen and oxygen atoms in total. The third-order valence-electron chi connectivity index (χ3n) is 7.19. The number of hydrogen-bond donors (Lipinski definition) is 1. The van der Waals surface area contributed by atoms with Crippen LogP contribution in [0.15, 0.2) is 18.3 Å². The summed E-state index contributed by atoms with van der Waals surface area (Å²) in [5.74, 6) is 0.368. The highest BCUT2D eigenvalue weighted by atomic mass is 16.7. The number of ketones is 1. The minimum Gasteiger partial charge on any atom is -0.490 e. The van der Waals surface area contributed by atoms with Crippen LogP contribution in [-0.4, -0.2) is 62.8 Å². The van der Waals surface area contributed by atoms with Crippen LogP contribution >= 0.6 is 0 Å². The maximum Gasteiger partial charge on any atom is 0.146 e. The van der Waals surface area contributed by atoms with Crippen LogP contribution in [0.25, 0.3) is 0 Å². The number of aliphatic hydroxyl groups excluding tert-OH is 1. The van der Waals surface area contributed by atoms with Gasteiger partial charge in [0.2, 0.25) is 0 Å². The second kappa shape index (κ2) is 15.5. The molecule has 34 heavy (non-hydrogen) atoms. The molecule has 2 rings (SSSR count). The molecule has 7 heteroatoms. The van der Waals surface area contributed by atoms with Gasteiger partial charge in [-0.25, -0.2) is 0 Å². The largest absolute Gasteiger partial charge is 0.490 e. The van der Waals surface area contributed by atoms with Crippen LogP contribution in [0.2, 0.25) is 0 Å². The molecule has 1 aliphatic rings. The van der Waals surface area contributed by atoms with Gasteiger partial charge in [-0.3, -0.25) is 9.78 Å². The van der Waals surface area contributed by atoms with E-state index in [1.807, 2.05) is 26.0 Å². The van der Waals surface area contributed by atoms with Crippen LogP contribution < -0.4 is 4.74 Å². The van der Waals surface area contributed by atoms with Crippen molar-refractivity contribution >= 4 is 5.78 Å². The van der Waals surface area contributed by atoms with E-state index >= 15 is 0 Å². The number of aromatic nitrogens is 1. The first-order chi connectivity index (χ1) is 16.5. The van der Waals surface area contributed by atoms with Crippen LogP contribution in [0.3, 0.4) is 0 Å². The van der Waals surface area contributed by atoms with Gasteiger partial charge in [0.1, 0.15) is 18.3 Å². The maximum atomic E-state index is 14.0. The number of aliphatic hydroxyl groups is 1. The number of Topliss-reactive ketones (excluding diaryl/α,β-unsaturated/α-hetero) is 1. The minimum atomic E-state index is -0.935. The predicted octanol–water partition coefficient (Wildman–Crippen LogP) is 4.59. The van der Waals surface area contributed by atoms with Crippen LogP contribution in [0.4, 0.5) is 0 Å². The van der Waals surface area contributed by atoms with Gasteiger partial charge in [0.05, 0.1) is 18.1 Å². The number of ether oxygens (including phenoxy) is 4. The molecule has 0 spiro atoms. The van der Waals surface area contributed by atoms with E-state index in [9.17, 15) is 9.90 Å². The first-order valence-electron chi connectivity index (χ1n) is 12.8. The van der Waals surface area contributed by atoms with Gasteiger partial charge in [-0.1, -0.05) is 26.7 Å². The van der Waals surface area contributed by atoms with E-state index in [1.165, 1.54) is 25.7 Å². The van der Waals surface area contributed by atoms with Gasteiger partial charge in [0, 0.05) is 57.7 Å². The molecule has 0 bridgehead atoms. The summed E-state index contributed by atoms with van der Waals surface area (Å²) in [5.41, 5.74) is -0.169. The summed E-state index contributed by atoms with van der Waals surface area (Å²) >= 11 is 0. The summed E-state index contributed by atoms with van der Waals surface area (Å²) in [6.07, 6.45) is 10.8. The molecule has 0 aromatic carbocycles. The van der Waals surface area contributed by atoms with Gasteiger partial charge in [0.15, 0.2) is 0 Å². The molecule has 0 radical (unpaired) electrons. The fourth-order valence-electron chi connectivity index (χ4n) is 4.94. The molecule has 1 heterocycles. The highest BCUT2D eigenvalue weighted by Gasteiger charge is 2.46. The molecule has 1 unspecified atom stereocenters. The summed E-state index contributed by atoms with van der Waals surface area (Å²) < 4.78 is 22.5. The van der Waals surface area contributed by atoms with Crippen LogP contribution in [0.5, 0.6) is 5.75 Å². The van der Waals surface area contributed by atoms with Gasteiger partial charge in [-0.05, 0) is 50.5 Å². The molecule has 0 saturated heterocycles. The number of hydrogen-bond acceptors (Lipinski definition) is 7. The Morgan fingerprint density at radius 1 is 1.21 bits per heavy atom. The Balaban J connectivity index is 2.32. The average Bonchev–Trinajstić information content (AvgIpc) is 3.12. The Kier molecular flexibility index (Phi) is 13.0. The summed E-state index contributed by atoms with van der Waals surface area (Å²) in [5, 5.41) is 10.2. The summed E-state index contributed by atoms with van der Waals surface area (Å²) in [6.45, 7) is 4.54. The zero-order valence-corrected chi connectivity index (χ0v) is 21.6. The summed E-state index contributed by atoms with van der Waals surface area (Å²) in [6, 6.07) is 3.84. The van der Waals surface area contributed by atoms with Crippen LogP contribution in [0, 0.1) is 17.3 Å². The van der Waals surface area contributed by atoms with E-state index in [2.05, 4.69) is 4.98 Å². The second-order valence-electron chi connectivity index (χ2n) is 9.64. The van der Waals surface area contributed by atoms with Crippen molar-refractivity contribution in [1.29, 1.82) is 0 Å². The average molecular weight is 480 g/mol. The van der Waals surface area contributed by atoms with Crippen molar-refractivity contribution in [1.82, 2.24) is 4.98 Å². The van der Waals surface area contributed by atoms with Crippen molar-refractivity contribution in [3.8, 4) is 5.75 Å². The maximum absolute atomic E-state index is 14.0. The zero-order valence-electron chi connectivity index (χ0n) is 21.6. The summed E-state index contributed by atoms with van der Waals surface area (Å²) in [4.78, 5) is 18.6. The Hall–Kier alpha value is -1.54. The van der Waals surface area contributed by atoms with Crippen molar-refractivity contribution in [3.05, 3.63) is 24.0 Å². The van der Waals surface area contributed by atoms with Crippen molar-refractivity contribution < 1.29 is 28.8 Å². The SMILES string of the molecule is CCC(CCOC)C(=O)[C@@](COCOC)(Cc1cc(OC2CCCCCC2)ccn1)[C@@H](C)CO. The topological polar surface area (TPSA) is 87.1 Å². The molecule has 0 amide bonds. The van der Waals surface area contributed by atoms with Gasteiger partial charge < -0.3 is 24.1 Å². The minimum absolute atomic E-state index is 0.0836. The molecule has 1 fully saturated rings. The second-order valence-corrected chi connectivity index (χ2v) is 9.64. The Morgan fingerprint density at radius 2 is 1.94 bits per heavy atom. The Labute approximate surface area is 205 Å². The van der Waals surface area contributed by atoms with E-state index < -0.39 is 5.41 Å². The van der Waals surface area contributed by atoms with Crippen molar-refractivity contribution in [2.45, 2.75) is 77.7 Å². The first kappa shape index (κ1) is 28.7. The van der Waals surface area contributed by atoms with E-state index in [0.29, 0.717) is 25.9 Å². The molecular formula is C27H45NO6. The van der Waals surface area contributed by atoms with Crippen molar-refractivity contribution in [2.75, 3.05) is 40.8 Å². The fraction of sp³-hybridized carbons (Fsp3) is 0.778. The number of rotatable bonds is 16. The monoisotopic (exact) mass is 479 g/mol. The molecule has 1 saturated carbocycles. The lowest BCUT2D eigenvalue weighted by molar-refractivity contribution is -0.148. The quantitative estimate of drug-likeness (QED) is 0.211. The predicted molar refractivity (Wildman–Crippen MR) is 132 cm³/mol. The number of carbonyl (C=O) groups is 1. The lowest BCUT2D eigenvalue weighted by Gasteiger charge is -2.39. The molecule has 0 aliphatic heterocycles. The van der Waals surface area contributed by atoms with Crippen LogP contribution in [-0.2, 0) is 25.4 Å².